The molecule has 3 heteroatoms. The van der Waals surface area contributed by atoms with E-state index >= 15 is 0 Å². The molecule has 2 N–H and O–H groups in total. The topological polar surface area (TPSA) is 57.5 Å². The van der Waals surface area contributed by atoms with Gasteiger partial charge in [-0.25, -0.2) is 0 Å². The number of aliphatic hydroxyl groups is 2. The molecule has 0 saturated heterocycles. The highest BCUT2D eigenvalue weighted by atomic mass is 16.3. The van der Waals surface area contributed by atoms with Crippen molar-refractivity contribution in [1.82, 2.24) is 0 Å². The van der Waals surface area contributed by atoms with Gasteiger partial charge >= 0.3 is 0 Å². The van der Waals surface area contributed by atoms with E-state index in [9.17, 15) is 15.0 Å². The zero-order valence-corrected chi connectivity index (χ0v) is 14.7. The summed E-state index contributed by atoms with van der Waals surface area (Å²) in [7, 11) is 0. The van der Waals surface area contributed by atoms with Crippen molar-refractivity contribution in [2.75, 3.05) is 6.61 Å². The van der Waals surface area contributed by atoms with Crippen molar-refractivity contribution in [1.29, 1.82) is 0 Å². The minimum absolute atomic E-state index is 0.115. The number of hydrogen-bond acceptors (Lipinski definition) is 3. The van der Waals surface area contributed by atoms with Gasteiger partial charge in [0, 0.05) is 13.0 Å². The van der Waals surface area contributed by atoms with E-state index in [1.807, 2.05) is 6.08 Å². The molecule has 0 aromatic carbocycles. The quantitative estimate of drug-likeness (QED) is 0.767. The maximum absolute atomic E-state index is 12.9. The maximum Gasteiger partial charge on any atom is 0.159 e. The molecule has 3 aliphatic carbocycles. The monoisotopic (exact) mass is 318 g/mol. The molecule has 0 bridgehead atoms. The predicted molar refractivity (Wildman–Crippen MR) is 90.8 cm³/mol. The summed E-state index contributed by atoms with van der Waals surface area (Å²) in [6, 6.07) is 0. The first-order valence-electron chi connectivity index (χ1n) is 8.88. The summed E-state index contributed by atoms with van der Waals surface area (Å²) in [5.41, 5.74) is 1.25. The van der Waals surface area contributed by atoms with Gasteiger partial charge in [-0.15, -0.1) is 6.58 Å². The van der Waals surface area contributed by atoms with E-state index < -0.39 is 6.10 Å². The molecule has 0 heterocycles. The second kappa shape index (κ2) is 5.29. The van der Waals surface area contributed by atoms with Crippen LogP contribution in [-0.4, -0.2) is 28.7 Å². The summed E-state index contributed by atoms with van der Waals surface area (Å²) >= 11 is 0. The fraction of sp³-hybridized carbons (Fsp3) is 0.750. The van der Waals surface area contributed by atoms with Crippen LogP contribution in [0.1, 0.15) is 59.3 Å². The van der Waals surface area contributed by atoms with Gasteiger partial charge in [0.15, 0.2) is 5.78 Å². The lowest BCUT2D eigenvalue weighted by molar-refractivity contribution is -0.126. The Morgan fingerprint density at radius 1 is 1.30 bits per heavy atom. The molecule has 0 aliphatic heterocycles. The molecule has 0 radical (unpaired) electrons. The molecule has 5 atom stereocenters. The van der Waals surface area contributed by atoms with Crippen molar-refractivity contribution < 1.29 is 15.0 Å². The van der Waals surface area contributed by atoms with Crippen molar-refractivity contribution in [2.24, 2.45) is 22.2 Å². The summed E-state index contributed by atoms with van der Waals surface area (Å²) in [5.74, 6) is 0.304. The van der Waals surface area contributed by atoms with Crippen LogP contribution < -0.4 is 0 Å². The zero-order valence-electron chi connectivity index (χ0n) is 14.7. The highest BCUT2D eigenvalue weighted by Gasteiger charge is 2.57. The van der Waals surface area contributed by atoms with E-state index in [4.69, 9.17) is 0 Å². The van der Waals surface area contributed by atoms with E-state index in [1.54, 1.807) is 0 Å². The number of hydrogen-bond donors (Lipinski definition) is 2. The lowest BCUT2D eigenvalue weighted by atomic mass is 9.47. The first kappa shape index (κ1) is 16.9. The van der Waals surface area contributed by atoms with E-state index in [0.29, 0.717) is 19.3 Å². The van der Waals surface area contributed by atoms with Crippen LogP contribution in [0.5, 0.6) is 0 Å². The molecule has 128 valence electrons. The zero-order chi connectivity index (χ0) is 17.0. The number of carbonyl (C=O) groups is 1. The number of ketones is 1. The van der Waals surface area contributed by atoms with Crippen LogP contribution in [0.25, 0.3) is 0 Å². The average molecular weight is 318 g/mol. The minimum Gasteiger partial charge on any atom is -0.396 e. The third-order valence-electron chi connectivity index (χ3n) is 7.15. The normalized spacial score (nSPS) is 47.1. The van der Waals surface area contributed by atoms with Gasteiger partial charge in [0.25, 0.3) is 0 Å². The molecule has 1 saturated carbocycles. The standard InChI is InChI=1S/C20H30O3/c1-5-18(2)10-13-14(22)9-16-19(3,12-21)7-6-8-20(16,4)17(13)15(23)11-18/h5,15-16,21,23H,1,6-12H2,2-4H3/t15-,16+,18+,19+,20+/m1/s1. The third-order valence-corrected chi connectivity index (χ3v) is 7.15. The lowest BCUT2D eigenvalue weighted by Crippen LogP contribution is -2.54. The van der Waals surface area contributed by atoms with Crippen LogP contribution in [-0.2, 0) is 4.79 Å². The van der Waals surface area contributed by atoms with Gasteiger partial charge in [0.2, 0.25) is 0 Å². The van der Waals surface area contributed by atoms with E-state index in [0.717, 1.165) is 30.4 Å². The van der Waals surface area contributed by atoms with Gasteiger partial charge in [-0.3, -0.25) is 4.79 Å². The largest absolute Gasteiger partial charge is 0.396 e. The van der Waals surface area contributed by atoms with Crippen LogP contribution in [0.3, 0.4) is 0 Å². The summed E-state index contributed by atoms with van der Waals surface area (Å²) in [4.78, 5) is 12.9. The molecule has 23 heavy (non-hydrogen) atoms. The molecular weight excluding hydrogens is 288 g/mol. The Kier molecular flexibility index (Phi) is 3.89. The Balaban J connectivity index is 2.12. The summed E-state index contributed by atoms with van der Waals surface area (Å²) < 4.78 is 0. The number of allylic oxidation sites excluding steroid dienone is 2. The minimum atomic E-state index is -0.570. The molecule has 0 aromatic heterocycles. The summed E-state index contributed by atoms with van der Waals surface area (Å²) in [5, 5.41) is 20.9. The fourth-order valence-corrected chi connectivity index (χ4v) is 5.71. The molecular formula is C20H30O3. The molecule has 3 nitrogen and oxygen atoms in total. The average Bonchev–Trinajstić information content (AvgIpc) is 2.49. The second-order valence-electron chi connectivity index (χ2n) is 8.91. The van der Waals surface area contributed by atoms with Crippen molar-refractivity contribution >= 4 is 5.78 Å². The van der Waals surface area contributed by atoms with Gasteiger partial charge in [0.1, 0.15) is 0 Å². The van der Waals surface area contributed by atoms with Gasteiger partial charge in [-0.2, -0.15) is 0 Å². The van der Waals surface area contributed by atoms with Crippen LogP contribution in [0.4, 0.5) is 0 Å². The van der Waals surface area contributed by atoms with Crippen molar-refractivity contribution in [3.63, 3.8) is 0 Å². The number of rotatable bonds is 2. The number of Topliss-reactive ketones (excluding diaryl/α,β-unsaturated/α-hetero) is 1. The van der Waals surface area contributed by atoms with E-state index in [-0.39, 0.29) is 34.6 Å². The Hall–Kier alpha value is -0.930. The Labute approximate surface area is 139 Å². The number of aliphatic hydroxyl groups excluding tert-OH is 2. The molecule has 3 rings (SSSR count). The predicted octanol–water partition coefficient (Wildman–Crippen LogP) is 3.41. The number of carbonyl (C=O) groups excluding carboxylic acids is 1. The smallest absolute Gasteiger partial charge is 0.159 e. The van der Waals surface area contributed by atoms with Crippen molar-refractivity contribution in [2.45, 2.75) is 65.4 Å². The van der Waals surface area contributed by atoms with Crippen molar-refractivity contribution in [3.05, 3.63) is 23.8 Å². The van der Waals surface area contributed by atoms with Crippen LogP contribution in [0, 0.1) is 22.2 Å². The molecule has 1 fully saturated rings. The molecule has 0 amide bonds. The molecule has 0 spiro atoms. The Morgan fingerprint density at radius 2 is 2.00 bits per heavy atom. The second-order valence-corrected chi connectivity index (χ2v) is 8.91. The summed E-state index contributed by atoms with van der Waals surface area (Å²) in [6.07, 6.45) is 6.16. The van der Waals surface area contributed by atoms with Gasteiger partial charge in [-0.1, -0.05) is 33.3 Å². The molecule has 0 aromatic rings. The van der Waals surface area contributed by atoms with Crippen LogP contribution in [0.2, 0.25) is 0 Å². The van der Waals surface area contributed by atoms with E-state index in [1.165, 1.54) is 0 Å². The first-order valence-corrected chi connectivity index (χ1v) is 8.88. The van der Waals surface area contributed by atoms with E-state index in [2.05, 4.69) is 27.4 Å². The van der Waals surface area contributed by atoms with Gasteiger partial charge in [-0.05, 0) is 59.0 Å². The molecule has 3 aliphatic rings. The van der Waals surface area contributed by atoms with Gasteiger partial charge < -0.3 is 10.2 Å². The van der Waals surface area contributed by atoms with Crippen LogP contribution in [0.15, 0.2) is 23.8 Å². The maximum atomic E-state index is 12.9. The van der Waals surface area contributed by atoms with Gasteiger partial charge in [0.05, 0.1) is 6.10 Å². The third kappa shape index (κ3) is 2.35. The number of fused-ring (bicyclic) bond motifs is 2. The van der Waals surface area contributed by atoms with Crippen molar-refractivity contribution in [3.8, 4) is 0 Å². The highest BCUT2D eigenvalue weighted by molar-refractivity contribution is 5.98. The highest BCUT2D eigenvalue weighted by Crippen LogP contribution is 2.62. The Bertz CT molecular complexity index is 577. The Morgan fingerprint density at radius 3 is 2.61 bits per heavy atom. The molecule has 0 unspecified atom stereocenters. The summed E-state index contributed by atoms with van der Waals surface area (Å²) in [6.45, 7) is 10.4. The first-order chi connectivity index (χ1) is 10.7. The van der Waals surface area contributed by atoms with Crippen LogP contribution >= 0.6 is 0 Å². The lowest BCUT2D eigenvalue weighted by Gasteiger charge is -2.57. The SMILES string of the molecule is C=C[C@@]1(C)CC2=C([C@H](O)C1)[C@@]1(C)CCC[C@@](C)(CO)[C@@H]1CC2=O. The fourth-order valence-electron chi connectivity index (χ4n) is 5.71.